The third kappa shape index (κ3) is 1.65. The lowest BCUT2D eigenvalue weighted by atomic mass is 9.98. The van der Waals surface area contributed by atoms with E-state index in [9.17, 15) is 0 Å². The summed E-state index contributed by atoms with van der Waals surface area (Å²) in [5.41, 5.74) is 8.12. The molecule has 1 aliphatic rings. The summed E-state index contributed by atoms with van der Waals surface area (Å²) in [6, 6.07) is 2.11. The standard InChI is InChI=1S/C10H14N2O/c1-7-4-9(10(11)12-5-7)8-2-3-13-6-8/h4-5,8H,2-3,6H2,1H3,(H2,11,12). The van der Waals surface area contributed by atoms with Crippen molar-refractivity contribution in [2.24, 2.45) is 0 Å². The van der Waals surface area contributed by atoms with Gasteiger partial charge in [0.05, 0.1) is 6.61 Å². The summed E-state index contributed by atoms with van der Waals surface area (Å²) in [6.45, 7) is 3.67. The van der Waals surface area contributed by atoms with Crippen LogP contribution < -0.4 is 5.73 Å². The molecule has 1 unspecified atom stereocenters. The van der Waals surface area contributed by atoms with Gasteiger partial charge in [-0.15, -0.1) is 0 Å². The van der Waals surface area contributed by atoms with Crippen LogP contribution in [0.1, 0.15) is 23.5 Å². The largest absolute Gasteiger partial charge is 0.383 e. The molecule has 13 heavy (non-hydrogen) atoms. The summed E-state index contributed by atoms with van der Waals surface area (Å²) >= 11 is 0. The molecule has 2 heterocycles. The Morgan fingerprint density at radius 1 is 1.62 bits per heavy atom. The van der Waals surface area contributed by atoms with Gasteiger partial charge in [0.1, 0.15) is 5.82 Å². The molecule has 70 valence electrons. The van der Waals surface area contributed by atoms with Crippen molar-refractivity contribution in [2.75, 3.05) is 18.9 Å². The van der Waals surface area contributed by atoms with Crippen LogP contribution in [0.25, 0.3) is 0 Å². The lowest BCUT2D eigenvalue weighted by molar-refractivity contribution is 0.194. The summed E-state index contributed by atoms with van der Waals surface area (Å²) < 4.78 is 5.32. The molecule has 1 atom stereocenters. The summed E-state index contributed by atoms with van der Waals surface area (Å²) in [6.07, 6.45) is 2.87. The summed E-state index contributed by atoms with van der Waals surface area (Å²) in [4.78, 5) is 4.15. The minimum atomic E-state index is 0.451. The fraction of sp³-hybridized carbons (Fsp3) is 0.500. The molecule has 0 amide bonds. The smallest absolute Gasteiger partial charge is 0.126 e. The van der Waals surface area contributed by atoms with Crippen molar-refractivity contribution < 1.29 is 4.74 Å². The highest BCUT2D eigenvalue weighted by molar-refractivity contribution is 5.43. The third-order valence-electron chi connectivity index (χ3n) is 2.46. The number of hydrogen-bond acceptors (Lipinski definition) is 3. The molecular weight excluding hydrogens is 164 g/mol. The molecule has 0 aromatic carbocycles. The quantitative estimate of drug-likeness (QED) is 0.708. The van der Waals surface area contributed by atoms with Crippen LogP contribution in [0, 0.1) is 6.92 Å². The van der Waals surface area contributed by atoms with Crippen LogP contribution in [-0.2, 0) is 4.74 Å². The van der Waals surface area contributed by atoms with Crippen molar-refractivity contribution in [1.29, 1.82) is 0 Å². The topological polar surface area (TPSA) is 48.1 Å². The van der Waals surface area contributed by atoms with Gasteiger partial charge in [0, 0.05) is 18.7 Å². The van der Waals surface area contributed by atoms with Gasteiger partial charge in [-0.2, -0.15) is 0 Å². The first-order valence-electron chi connectivity index (χ1n) is 4.57. The van der Waals surface area contributed by atoms with Gasteiger partial charge in [0.2, 0.25) is 0 Å². The number of nitrogens with zero attached hydrogens (tertiary/aromatic N) is 1. The van der Waals surface area contributed by atoms with E-state index in [0.717, 1.165) is 30.8 Å². The Labute approximate surface area is 77.9 Å². The highest BCUT2D eigenvalue weighted by Gasteiger charge is 2.20. The van der Waals surface area contributed by atoms with E-state index >= 15 is 0 Å². The maximum atomic E-state index is 5.80. The zero-order valence-corrected chi connectivity index (χ0v) is 7.79. The number of aryl methyl sites for hydroxylation is 1. The van der Waals surface area contributed by atoms with Crippen molar-refractivity contribution >= 4 is 5.82 Å². The van der Waals surface area contributed by atoms with Crippen LogP contribution in [0.15, 0.2) is 12.3 Å². The van der Waals surface area contributed by atoms with Crippen molar-refractivity contribution in [1.82, 2.24) is 4.98 Å². The molecular formula is C10H14N2O. The highest BCUT2D eigenvalue weighted by atomic mass is 16.5. The zero-order chi connectivity index (χ0) is 9.26. The van der Waals surface area contributed by atoms with Crippen LogP contribution in [0.3, 0.4) is 0 Å². The molecule has 0 radical (unpaired) electrons. The normalized spacial score (nSPS) is 22.1. The van der Waals surface area contributed by atoms with Gasteiger partial charge in [-0.25, -0.2) is 4.98 Å². The Hall–Kier alpha value is -1.09. The molecule has 2 rings (SSSR count). The number of nitrogen functional groups attached to an aromatic ring is 1. The SMILES string of the molecule is Cc1cnc(N)c(C2CCOC2)c1. The highest BCUT2D eigenvalue weighted by Crippen LogP contribution is 2.28. The van der Waals surface area contributed by atoms with Crippen LogP contribution in [0.4, 0.5) is 5.82 Å². The molecule has 0 saturated carbocycles. The van der Waals surface area contributed by atoms with E-state index in [-0.39, 0.29) is 0 Å². The van der Waals surface area contributed by atoms with Crippen LogP contribution in [0.5, 0.6) is 0 Å². The molecule has 0 bridgehead atoms. The van der Waals surface area contributed by atoms with Gasteiger partial charge < -0.3 is 10.5 Å². The van der Waals surface area contributed by atoms with Crippen molar-refractivity contribution in [3.8, 4) is 0 Å². The van der Waals surface area contributed by atoms with Gasteiger partial charge in [0.25, 0.3) is 0 Å². The zero-order valence-electron chi connectivity index (χ0n) is 7.79. The van der Waals surface area contributed by atoms with E-state index in [1.54, 1.807) is 6.20 Å². The molecule has 0 aliphatic carbocycles. The molecule has 1 aliphatic heterocycles. The first-order valence-corrected chi connectivity index (χ1v) is 4.57. The average molecular weight is 178 g/mol. The number of anilines is 1. The number of rotatable bonds is 1. The maximum Gasteiger partial charge on any atom is 0.126 e. The van der Waals surface area contributed by atoms with E-state index in [1.165, 1.54) is 0 Å². The molecule has 1 saturated heterocycles. The molecule has 3 heteroatoms. The van der Waals surface area contributed by atoms with E-state index in [0.29, 0.717) is 11.7 Å². The first kappa shape index (κ1) is 8.51. The summed E-state index contributed by atoms with van der Waals surface area (Å²) in [5.74, 6) is 1.11. The Morgan fingerprint density at radius 3 is 3.15 bits per heavy atom. The van der Waals surface area contributed by atoms with E-state index in [4.69, 9.17) is 10.5 Å². The fourth-order valence-electron chi connectivity index (χ4n) is 1.71. The second kappa shape index (κ2) is 3.34. The van der Waals surface area contributed by atoms with Gasteiger partial charge in [-0.05, 0) is 24.5 Å². The van der Waals surface area contributed by atoms with Gasteiger partial charge in [-0.1, -0.05) is 6.07 Å². The second-order valence-corrected chi connectivity index (χ2v) is 3.55. The predicted octanol–water partition coefficient (Wildman–Crippen LogP) is 1.48. The van der Waals surface area contributed by atoms with Crippen LogP contribution in [0.2, 0.25) is 0 Å². The van der Waals surface area contributed by atoms with Crippen molar-refractivity contribution in [3.63, 3.8) is 0 Å². The van der Waals surface area contributed by atoms with Crippen LogP contribution >= 0.6 is 0 Å². The number of pyridine rings is 1. The first-order chi connectivity index (χ1) is 6.27. The maximum absolute atomic E-state index is 5.80. The molecule has 1 aromatic rings. The third-order valence-corrected chi connectivity index (χ3v) is 2.46. The van der Waals surface area contributed by atoms with Gasteiger partial charge in [-0.3, -0.25) is 0 Å². The van der Waals surface area contributed by atoms with E-state index < -0.39 is 0 Å². The Kier molecular flexibility index (Phi) is 2.19. The minimum absolute atomic E-state index is 0.451. The van der Waals surface area contributed by atoms with E-state index in [1.807, 2.05) is 6.92 Å². The monoisotopic (exact) mass is 178 g/mol. The summed E-state index contributed by atoms with van der Waals surface area (Å²) in [7, 11) is 0. The predicted molar refractivity (Wildman–Crippen MR) is 51.6 cm³/mol. The van der Waals surface area contributed by atoms with Gasteiger partial charge >= 0.3 is 0 Å². The number of hydrogen-bond donors (Lipinski definition) is 1. The number of nitrogens with two attached hydrogens (primary N) is 1. The molecule has 1 aromatic heterocycles. The van der Waals surface area contributed by atoms with E-state index in [2.05, 4.69) is 11.1 Å². The molecule has 2 N–H and O–H groups in total. The Morgan fingerprint density at radius 2 is 2.46 bits per heavy atom. The lowest BCUT2D eigenvalue weighted by Crippen LogP contribution is -2.04. The van der Waals surface area contributed by atoms with Gasteiger partial charge in [0.15, 0.2) is 0 Å². The van der Waals surface area contributed by atoms with Crippen molar-refractivity contribution in [3.05, 3.63) is 23.4 Å². The number of ether oxygens (including phenoxy) is 1. The summed E-state index contributed by atoms with van der Waals surface area (Å²) in [5, 5.41) is 0. The van der Waals surface area contributed by atoms with Crippen LogP contribution in [-0.4, -0.2) is 18.2 Å². The second-order valence-electron chi connectivity index (χ2n) is 3.55. The Balaban J connectivity index is 2.32. The average Bonchev–Trinajstić information content (AvgIpc) is 2.61. The number of aromatic nitrogens is 1. The Bertz CT molecular complexity index is 306. The molecule has 3 nitrogen and oxygen atoms in total. The van der Waals surface area contributed by atoms with Crippen molar-refractivity contribution in [2.45, 2.75) is 19.3 Å². The minimum Gasteiger partial charge on any atom is -0.383 e. The molecule has 1 fully saturated rings. The lowest BCUT2D eigenvalue weighted by Gasteiger charge is -2.10. The fourth-order valence-corrected chi connectivity index (χ4v) is 1.71. The molecule has 0 spiro atoms.